The maximum atomic E-state index is 10.9. The lowest BCUT2D eigenvalue weighted by Crippen LogP contribution is -2.21. The minimum atomic E-state index is -0.383. The van der Waals surface area contributed by atoms with Crippen LogP contribution in [0.15, 0.2) is 18.2 Å². The van der Waals surface area contributed by atoms with E-state index >= 15 is 0 Å². The Morgan fingerprint density at radius 2 is 2.21 bits per heavy atom. The number of nitrogens with one attached hydrogen (secondary N) is 1. The summed E-state index contributed by atoms with van der Waals surface area (Å²) in [6.45, 7) is 4.58. The van der Waals surface area contributed by atoms with Crippen LogP contribution in [0.4, 0.5) is 11.4 Å². The first-order valence-corrected chi connectivity index (χ1v) is 6.79. The third-order valence-electron chi connectivity index (χ3n) is 3.63. The van der Waals surface area contributed by atoms with Gasteiger partial charge in [-0.15, -0.1) is 0 Å². The van der Waals surface area contributed by atoms with Crippen LogP contribution in [0.1, 0.15) is 33.1 Å². The molecule has 0 radical (unpaired) electrons. The molecule has 0 aliphatic heterocycles. The van der Waals surface area contributed by atoms with E-state index in [4.69, 9.17) is 4.74 Å². The second-order valence-electron chi connectivity index (χ2n) is 5.06. The number of nitrogens with zero attached hydrogens (tertiary/aromatic N) is 1. The third-order valence-corrected chi connectivity index (χ3v) is 3.63. The summed E-state index contributed by atoms with van der Waals surface area (Å²) in [5, 5.41) is 14.3. The van der Waals surface area contributed by atoms with Crippen molar-refractivity contribution >= 4 is 11.4 Å². The molecule has 1 aliphatic carbocycles. The molecule has 1 saturated carbocycles. The fraction of sp³-hybridized carbons (Fsp3) is 0.571. The second-order valence-corrected chi connectivity index (χ2v) is 5.06. The molecule has 1 N–H and O–H groups in total. The number of hydrogen-bond acceptors (Lipinski definition) is 4. The van der Waals surface area contributed by atoms with Gasteiger partial charge >= 0.3 is 0 Å². The minimum Gasteiger partial charge on any atom is -0.494 e. The second kappa shape index (κ2) is 5.91. The van der Waals surface area contributed by atoms with E-state index in [0.717, 1.165) is 12.1 Å². The van der Waals surface area contributed by atoms with Crippen molar-refractivity contribution in [3.8, 4) is 5.75 Å². The summed E-state index contributed by atoms with van der Waals surface area (Å²) in [5.74, 6) is 1.15. The zero-order valence-corrected chi connectivity index (χ0v) is 11.4. The number of ether oxygens (including phenoxy) is 1. The Kier molecular flexibility index (Phi) is 4.24. The maximum Gasteiger partial charge on any atom is 0.275 e. The molecule has 19 heavy (non-hydrogen) atoms. The molecule has 0 bridgehead atoms. The van der Waals surface area contributed by atoms with Gasteiger partial charge in [-0.25, -0.2) is 0 Å². The average Bonchev–Trinajstić information content (AvgIpc) is 2.75. The summed E-state index contributed by atoms with van der Waals surface area (Å²) in [7, 11) is 0. The summed E-state index contributed by atoms with van der Waals surface area (Å²) in [4.78, 5) is 10.6. The highest BCUT2D eigenvalue weighted by Crippen LogP contribution is 2.31. The molecule has 5 nitrogen and oxygen atoms in total. The maximum absolute atomic E-state index is 10.9. The van der Waals surface area contributed by atoms with Gasteiger partial charge in [0.25, 0.3) is 5.69 Å². The van der Waals surface area contributed by atoms with Gasteiger partial charge < -0.3 is 10.1 Å². The van der Waals surface area contributed by atoms with Crippen molar-refractivity contribution in [2.75, 3.05) is 11.9 Å². The van der Waals surface area contributed by atoms with Crippen LogP contribution >= 0.6 is 0 Å². The smallest absolute Gasteiger partial charge is 0.275 e. The van der Waals surface area contributed by atoms with Crippen LogP contribution < -0.4 is 10.1 Å². The van der Waals surface area contributed by atoms with Crippen molar-refractivity contribution in [1.29, 1.82) is 0 Å². The molecule has 0 amide bonds. The molecule has 2 unspecified atom stereocenters. The predicted molar refractivity (Wildman–Crippen MR) is 74.7 cm³/mol. The first-order valence-electron chi connectivity index (χ1n) is 6.79. The quantitative estimate of drug-likeness (QED) is 0.652. The van der Waals surface area contributed by atoms with E-state index in [-0.39, 0.29) is 10.6 Å². The highest BCUT2D eigenvalue weighted by atomic mass is 16.6. The molecule has 0 spiro atoms. The van der Waals surface area contributed by atoms with E-state index < -0.39 is 0 Å². The van der Waals surface area contributed by atoms with E-state index in [1.165, 1.54) is 18.9 Å². The Bertz CT molecular complexity index is 462. The van der Waals surface area contributed by atoms with Crippen LogP contribution in [-0.4, -0.2) is 17.6 Å². The van der Waals surface area contributed by atoms with Crippen molar-refractivity contribution in [3.63, 3.8) is 0 Å². The minimum absolute atomic E-state index is 0.0686. The van der Waals surface area contributed by atoms with Crippen molar-refractivity contribution in [2.45, 2.75) is 39.2 Å². The van der Waals surface area contributed by atoms with E-state index in [9.17, 15) is 10.1 Å². The predicted octanol–water partition coefficient (Wildman–Crippen LogP) is 3.59. The fourth-order valence-corrected chi connectivity index (χ4v) is 2.60. The van der Waals surface area contributed by atoms with Gasteiger partial charge in [-0.05, 0) is 25.7 Å². The molecule has 0 aromatic heterocycles. The molecular formula is C14H20N2O3. The monoisotopic (exact) mass is 264 g/mol. The SMILES string of the molecule is CCOc1cc(NC2CCCC2C)cc([N+](=O)[O-])c1. The zero-order valence-electron chi connectivity index (χ0n) is 11.4. The number of nitro benzene ring substituents is 1. The molecule has 104 valence electrons. The zero-order chi connectivity index (χ0) is 13.8. The van der Waals surface area contributed by atoms with Gasteiger partial charge in [0.2, 0.25) is 0 Å². The standard InChI is InChI=1S/C14H20N2O3/c1-3-19-13-8-11(7-12(9-13)16(17)18)15-14-6-4-5-10(14)2/h7-10,14-15H,3-6H2,1-2H3. The van der Waals surface area contributed by atoms with Gasteiger partial charge in [0.05, 0.1) is 17.6 Å². The Balaban J connectivity index is 2.20. The molecule has 1 fully saturated rings. The van der Waals surface area contributed by atoms with Crippen LogP contribution in [0.25, 0.3) is 0 Å². The number of nitro groups is 1. The Morgan fingerprint density at radius 3 is 2.79 bits per heavy atom. The van der Waals surface area contributed by atoms with Crippen molar-refractivity contribution in [3.05, 3.63) is 28.3 Å². The molecular weight excluding hydrogens is 244 g/mol. The Labute approximate surface area is 113 Å². The summed E-state index contributed by atoms with van der Waals surface area (Å²) in [5.41, 5.74) is 0.843. The van der Waals surface area contributed by atoms with Gasteiger partial charge in [0, 0.05) is 23.9 Å². The largest absolute Gasteiger partial charge is 0.494 e. The fourth-order valence-electron chi connectivity index (χ4n) is 2.60. The topological polar surface area (TPSA) is 64.4 Å². The van der Waals surface area contributed by atoms with Gasteiger partial charge in [-0.1, -0.05) is 13.3 Å². The van der Waals surface area contributed by atoms with Crippen LogP contribution in [-0.2, 0) is 0 Å². The number of anilines is 1. The summed E-state index contributed by atoms with van der Waals surface area (Å²) >= 11 is 0. The highest BCUT2D eigenvalue weighted by Gasteiger charge is 2.23. The van der Waals surface area contributed by atoms with Crippen molar-refractivity contribution in [1.82, 2.24) is 0 Å². The third kappa shape index (κ3) is 3.36. The molecule has 0 heterocycles. The van der Waals surface area contributed by atoms with E-state index in [1.54, 1.807) is 6.07 Å². The van der Waals surface area contributed by atoms with Crippen molar-refractivity contribution in [2.24, 2.45) is 5.92 Å². The first kappa shape index (κ1) is 13.6. The highest BCUT2D eigenvalue weighted by molar-refractivity contribution is 5.57. The number of benzene rings is 1. The average molecular weight is 264 g/mol. The van der Waals surface area contributed by atoms with Gasteiger partial charge in [0.15, 0.2) is 0 Å². The summed E-state index contributed by atoms with van der Waals surface area (Å²) in [6, 6.07) is 5.28. The summed E-state index contributed by atoms with van der Waals surface area (Å²) in [6.07, 6.45) is 3.55. The summed E-state index contributed by atoms with van der Waals surface area (Å²) < 4.78 is 5.38. The van der Waals surface area contributed by atoms with Crippen LogP contribution in [0, 0.1) is 16.0 Å². The van der Waals surface area contributed by atoms with Crippen LogP contribution in [0.3, 0.4) is 0 Å². The molecule has 1 aromatic carbocycles. The molecule has 5 heteroatoms. The lowest BCUT2D eigenvalue weighted by atomic mass is 10.1. The Hall–Kier alpha value is -1.78. The lowest BCUT2D eigenvalue weighted by Gasteiger charge is -2.19. The molecule has 0 saturated heterocycles. The number of rotatable bonds is 5. The van der Waals surface area contributed by atoms with Crippen LogP contribution in [0.2, 0.25) is 0 Å². The number of non-ortho nitro benzene ring substituents is 1. The van der Waals surface area contributed by atoms with E-state index in [2.05, 4.69) is 12.2 Å². The lowest BCUT2D eigenvalue weighted by molar-refractivity contribution is -0.384. The molecule has 1 aromatic rings. The van der Waals surface area contributed by atoms with Crippen molar-refractivity contribution < 1.29 is 9.66 Å². The molecule has 2 rings (SSSR count). The number of hydrogen-bond donors (Lipinski definition) is 1. The molecule has 1 aliphatic rings. The first-order chi connectivity index (χ1) is 9.10. The molecule has 2 atom stereocenters. The normalized spacial score (nSPS) is 22.2. The van der Waals surface area contributed by atoms with E-state index in [1.807, 2.05) is 13.0 Å². The Morgan fingerprint density at radius 1 is 1.42 bits per heavy atom. The van der Waals surface area contributed by atoms with Gasteiger partial charge in [-0.2, -0.15) is 0 Å². The van der Waals surface area contributed by atoms with E-state index in [0.29, 0.717) is 24.3 Å². The van der Waals surface area contributed by atoms with Gasteiger partial charge in [0.1, 0.15) is 5.75 Å². The van der Waals surface area contributed by atoms with Crippen LogP contribution in [0.5, 0.6) is 5.75 Å². The van der Waals surface area contributed by atoms with Gasteiger partial charge in [-0.3, -0.25) is 10.1 Å².